The van der Waals surface area contributed by atoms with Crippen LogP contribution in [0.3, 0.4) is 0 Å². The summed E-state index contributed by atoms with van der Waals surface area (Å²) >= 11 is 0. The van der Waals surface area contributed by atoms with Crippen LogP contribution in [0, 0.1) is 19.3 Å². The van der Waals surface area contributed by atoms with Gasteiger partial charge in [-0.05, 0) is 77.5 Å². The zero-order chi connectivity index (χ0) is 45.9. The lowest BCUT2D eigenvalue weighted by Crippen LogP contribution is -2.45. The van der Waals surface area contributed by atoms with E-state index in [0.29, 0.717) is 23.1 Å². The summed E-state index contributed by atoms with van der Waals surface area (Å²) in [5, 5.41) is 2.90. The van der Waals surface area contributed by atoms with Gasteiger partial charge in [0.1, 0.15) is 41.5 Å². The Morgan fingerprint density at radius 2 is 1.64 bits per heavy atom. The molecule has 0 aliphatic carbocycles. The van der Waals surface area contributed by atoms with Crippen LogP contribution in [0.1, 0.15) is 111 Å². The minimum Gasteiger partial charge on any atom is -0.460 e. The van der Waals surface area contributed by atoms with Gasteiger partial charge in [0.05, 0.1) is 12.9 Å². The van der Waals surface area contributed by atoms with Crippen LogP contribution in [0.2, 0.25) is 0 Å². The van der Waals surface area contributed by atoms with Crippen LogP contribution in [-0.2, 0) is 58.0 Å². The minimum absolute atomic E-state index is 0.0907. The van der Waals surface area contributed by atoms with E-state index < -0.39 is 81.7 Å². The number of imidazole rings is 1. The molecule has 0 unspecified atom stereocenters. The van der Waals surface area contributed by atoms with Gasteiger partial charge in [0.25, 0.3) is 0 Å². The summed E-state index contributed by atoms with van der Waals surface area (Å²) in [6.07, 6.45) is -0.848. The highest BCUT2D eigenvalue weighted by atomic mass is 32.2. The summed E-state index contributed by atoms with van der Waals surface area (Å²) in [6.45, 7) is 21.3. The molecule has 0 saturated carbocycles. The predicted molar refractivity (Wildman–Crippen MR) is 217 cm³/mol. The van der Waals surface area contributed by atoms with Crippen molar-refractivity contribution in [3.05, 3.63) is 41.5 Å². The van der Waals surface area contributed by atoms with E-state index in [1.807, 2.05) is 45.4 Å². The number of aryl methyl sites for hydroxylation is 2. The molecule has 4 N–H and O–H groups in total. The largest absolute Gasteiger partial charge is 0.460 e. The molecule has 21 heteroatoms. The van der Waals surface area contributed by atoms with Gasteiger partial charge in [-0.25, -0.2) is 24.5 Å². The molecule has 5 atom stereocenters. The summed E-state index contributed by atoms with van der Waals surface area (Å²) in [4.78, 5) is 68.1. The Morgan fingerprint density at radius 1 is 1.00 bits per heavy atom. The third-order valence-corrected chi connectivity index (χ3v) is 10.7. The number of nitrogens with two attached hydrogens (primary N) is 1. The number of amides is 2. The molecule has 0 spiro atoms. The maximum atomic E-state index is 13.4. The Kier molecular flexibility index (Phi) is 14.8. The van der Waals surface area contributed by atoms with Gasteiger partial charge in [0, 0.05) is 29.9 Å². The highest BCUT2D eigenvalue weighted by Gasteiger charge is 2.56. The van der Waals surface area contributed by atoms with E-state index >= 15 is 0 Å². The van der Waals surface area contributed by atoms with Crippen molar-refractivity contribution in [2.24, 2.45) is 5.41 Å². The van der Waals surface area contributed by atoms with Crippen LogP contribution in [0.5, 0.6) is 5.75 Å². The van der Waals surface area contributed by atoms with E-state index in [1.165, 1.54) is 12.7 Å². The van der Waals surface area contributed by atoms with E-state index in [0.717, 1.165) is 11.1 Å². The summed E-state index contributed by atoms with van der Waals surface area (Å²) in [6, 6.07) is 3.11. The SMILES string of the molecule is Cc1cc(C)c(C(C)(C)CC(=O)NS(=O)(=O)OC[C@H]2O[C@@H](n3cnc4c(N)ncnc43)[C@@H]3OC(C)(C)O[C@@H]32)c(OC(=O)N[C@@H](CCC(=O)OC(C)(C)C)C(C)(C)C)c1.O=C=O. The first-order chi connectivity index (χ1) is 28.1. The molecule has 61 heavy (non-hydrogen) atoms. The molecular formula is C40H57N7O13S. The summed E-state index contributed by atoms with van der Waals surface area (Å²) < 4.78 is 65.1. The molecule has 2 fully saturated rings. The maximum absolute atomic E-state index is 13.4. The number of fused-ring (bicyclic) bond motifs is 2. The second-order valence-corrected chi connectivity index (χ2v) is 19.5. The maximum Gasteiger partial charge on any atom is 0.412 e. The monoisotopic (exact) mass is 875 g/mol. The second kappa shape index (κ2) is 18.5. The first-order valence-corrected chi connectivity index (χ1v) is 20.9. The molecule has 0 radical (unpaired) electrons. The second-order valence-electron chi connectivity index (χ2n) is 18.2. The number of aromatic nitrogens is 4. The number of esters is 1. The van der Waals surface area contributed by atoms with Crippen molar-refractivity contribution in [2.45, 2.75) is 150 Å². The number of anilines is 1. The van der Waals surface area contributed by atoms with Crippen LogP contribution >= 0.6 is 0 Å². The standard InChI is InChI=1S/C39H57N7O11S.CO2/c1-21-15-22(2)28(23(16-21)54-35(49)44-25(36(3,4)5)13-14-27(48)55-37(6,7)8)38(9,10)17-26(47)45-58(50,51)52-18-24-30-31(57-39(11,12)56-30)34(53-24)46-20-43-29-32(40)41-19-42-33(29)46;2-1-3/h15-16,19-20,24-25,30-31,34H,13-14,17-18H2,1-12H3,(H,44,49)(H,45,47)(H2,40,41,42);/t24-,25+,30-,31-,34-;/m1./s1. The molecule has 2 aliphatic heterocycles. The van der Waals surface area contributed by atoms with Gasteiger partial charge >= 0.3 is 28.5 Å². The molecule has 0 bridgehead atoms. The lowest BCUT2D eigenvalue weighted by Gasteiger charge is -2.32. The highest BCUT2D eigenvalue weighted by Crippen LogP contribution is 2.44. The molecule has 2 aromatic heterocycles. The van der Waals surface area contributed by atoms with Crippen LogP contribution < -0.4 is 20.5 Å². The molecule has 2 amide bonds. The molecular weight excluding hydrogens is 819 g/mol. The van der Waals surface area contributed by atoms with E-state index in [-0.39, 0.29) is 36.5 Å². The Morgan fingerprint density at radius 3 is 2.26 bits per heavy atom. The summed E-state index contributed by atoms with van der Waals surface area (Å²) in [5.41, 5.74) is 6.66. The van der Waals surface area contributed by atoms with Gasteiger partial charge in [-0.3, -0.25) is 18.3 Å². The van der Waals surface area contributed by atoms with Crippen LogP contribution in [0.25, 0.3) is 11.2 Å². The number of nitrogens with one attached hydrogen (secondary N) is 2. The number of hydrogen-bond acceptors (Lipinski definition) is 17. The van der Waals surface area contributed by atoms with Gasteiger partial charge in [-0.15, -0.1) is 0 Å². The number of nitrogen functional groups attached to an aromatic ring is 1. The Labute approximate surface area is 355 Å². The van der Waals surface area contributed by atoms with E-state index in [9.17, 15) is 22.8 Å². The fourth-order valence-corrected chi connectivity index (χ4v) is 8.17. The first-order valence-electron chi connectivity index (χ1n) is 19.5. The summed E-state index contributed by atoms with van der Waals surface area (Å²) in [5.74, 6) is -1.88. The molecule has 4 heterocycles. The van der Waals surface area contributed by atoms with E-state index in [4.69, 9.17) is 43.2 Å². The molecule has 2 saturated heterocycles. The van der Waals surface area contributed by atoms with Crippen molar-refractivity contribution in [3.63, 3.8) is 0 Å². The van der Waals surface area contributed by atoms with E-state index in [2.05, 4.69) is 20.3 Å². The van der Waals surface area contributed by atoms with Gasteiger partial charge in [-0.1, -0.05) is 40.7 Å². The Hall–Kier alpha value is -5.05. The first kappa shape index (κ1) is 48.6. The number of hydrogen-bond donors (Lipinski definition) is 3. The van der Waals surface area contributed by atoms with Crippen molar-refractivity contribution in [2.75, 3.05) is 12.3 Å². The number of benzene rings is 1. The number of nitrogens with zero attached hydrogens (tertiary/aromatic N) is 4. The zero-order valence-electron chi connectivity index (χ0n) is 36.6. The fraction of sp³-hybridized carbons (Fsp3) is 0.625. The lowest BCUT2D eigenvalue weighted by atomic mass is 9.78. The fourth-order valence-electron chi connectivity index (χ4n) is 7.45. The molecule has 20 nitrogen and oxygen atoms in total. The van der Waals surface area contributed by atoms with Crippen LogP contribution in [0.15, 0.2) is 24.8 Å². The number of carbonyl (C=O) groups is 3. The van der Waals surface area contributed by atoms with Gasteiger partial charge in [0.2, 0.25) is 5.91 Å². The number of carbonyl (C=O) groups excluding carboxylic acids is 5. The molecule has 336 valence electrons. The van der Waals surface area contributed by atoms with Crippen molar-refractivity contribution in [1.82, 2.24) is 29.6 Å². The van der Waals surface area contributed by atoms with E-state index in [1.54, 1.807) is 59.1 Å². The van der Waals surface area contributed by atoms with Crippen molar-refractivity contribution >= 4 is 51.4 Å². The Balaban J connectivity index is 0.00000265. The number of rotatable bonds is 13. The highest BCUT2D eigenvalue weighted by molar-refractivity contribution is 7.85. The average molecular weight is 876 g/mol. The molecule has 1 aromatic carbocycles. The van der Waals surface area contributed by atoms with Crippen LogP contribution in [0.4, 0.5) is 10.6 Å². The predicted octanol–water partition coefficient (Wildman–Crippen LogP) is 4.23. The average Bonchev–Trinajstić information content (AvgIpc) is 3.75. The topological polar surface area (TPSA) is 269 Å². The number of ether oxygens (including phenoxy) is 5. The smallest absolute Gasteiger partial charge is 0.412 e. The van der Waals surface area contributed by atoms with Gasteiger partial charge < -0.3 is 34.7 Å². The van der Waals surface area contributed by atoms with Gasteiger partial charge in [-0.2, -0.15) is 18.0 Å². The molecule has 5 rings (SSSR count). The zero-order valence-corrected chi connectivity index (χ0v) is 37.4. The lowest BCUT2D eigenvalue weighted by molar-refractivity contribution is -0.198. The third-order valence-electron chi connectivity index (χ3n) is 9.73. The van der Waals surface area contributed by atoms with Crippen LogP contribution in [-0.4, -0.2) is 94.4 Å². The summed E-state index contributed by atoms with van der Waals surface area (Å²) in [7, 11) is -4.65. The minimum atomic E-state index is -4.65. The van der Waals surface area contributed by atoms with Crippen molar-refractivity contribution < 1.29 is 60.3 Å². The van der Waals surface area contributed by atoms with Crippen molar-refractivity contribution in [1.29, 1.82) is 0 Å². The normalized spacial score (nSPS) is 20.5. The third kappa shape index (κ3) is 12.7. The van der Waals surface area contributed by atoms with Crippen molar-refractivity contribution in [3.8, 4) is 5.75 Å². The Bertz CT molecular complexity index is 2240. The molecule has 3 aromatic rings. The van der Waals surface area contributed by atoms with Gasteiger partial charge in [0.15, 0.2) is 23.5 Å². The quantitative estimate of drug-likeness (QED) is 0.203. The molecule has 2 aliphatic rings.